The Morgan fingerprint density at radius 2 is 2.16 bits per heavy atom. The van der Waals surface area contributed by atoms with Gasteiger partial charge >= 0.3 is 0 Å². The lowest BCUT2D eigenvalue weighted by molar-refractivity contribution is 0.173. The van der Waals surface area contributed by atoms with Gasteiger partial charge in [0.25, 0.3) is 0 Å². The van der Waals surface area contributed by atoms with Gasteiger partial charge in [-0.2, -0.15) is 0 Å². The molecular weight excluding hydrogens is 284 g/mol. The highest BCUT2D eigenvalue weighted by atomic mass is 32.2. The normalized spacial score (nSPS) is 13.6. The number of rotatable bonds is 9. The zero-order chi connectivity index (χ0) is 14.3. The van der Waals surface area contributed by atoms with Gasteiger partial charge in [0.15, 0.2) is 0 Å². The first kappa shape index (κ1) is 16.6. The third kappa shape index (κ3) is 4.85. The summed E-state index contributed by atoms with van der Waals surface area (Å²) in [5.74, 6) is 0. The van der Waals surface area contributed by atoms with E-state index in [-0.39, 0.29) is 6.04 Å². The lowest BCUT2D eigenvalue weighted by Crippen LogP contribution is -2.37. The highest BCUT2D eigenvalue weighted by molar-refractivity contribution is 7.89. The summed E-state index contributed by atoms with van der Waals surface area (Å²) in [6, 6.07) is 1.46. The first-order valence-corrected chi connectivity index (χ1v) is 8.69. The molecule has 19 heavy (non-hydrogen) atoms. The summed E-state index contributed by atoms with van der Waals surface area (Å²) in [6.07, 6.45) is 0.694. The molecule has 2 N–H and O–H groups in total. The van der Waals surface area contributed by atoms with E-state index in [0.717, 1.165) is 11.4 Å². The zero-order valence-electron chi connectivity index (χ0n) is 11.6. The van der Waals surface area contributed by atoms with E-state index in [9.17, 15) is 8.42 Å². The van der Waals surface area contributed by atoms with Crippen molar-refractivity contribution in [3.8, 4) is 0 Å². The van der Waals surface area contributed by atoms with Crippen molar-refractivity contribution in [1.82, 2.24) is 10.0 Å². The Kier molecular flexibility index (Phi) is 6.95. The van der Waals surface area contributed by atoms with Crippen LogP contribution in [0.15, 0.2) is 16.3 Å². The molecule has 0 aromatic carbocycles. The molecule has 0 radical (unpaired) electrons. The van der Waals surface area contributed by atoms with Crippen molar-refractivity contribution in [2.24, 2.45) is 0 Å². The maximum atomic E-state index is 12.3. The van der Waals surface area contributed by atoms with Gasteiger partial charge < -0.3 is 10.1 Å². The number of sulfonamides is 1. The average Bonchev–Trinajstić information content (AvgIpc) is 2.84. The smallest absolute Gasteiger partial charge is 0.242 e. The summed E-state index contributed by atoms with van der Waals surface area (Å²) in [4.78, 5) is 1.20. The minimum absolute atomic E-state index is 0.193. The Balaban J connectivity index is 2.84. The van der Waals surface area contributed by atoms with E-state index in [1.54, 1.807) is 18.6 Å². The van der Waals surface area contributed by atoms with Crippen molar-refractivity contribution in [3.63, 3.8) is 0 Å². The maximum absolute atomic E-state index is 12.3. The molecule has 1 atom stereocenters. The molecule has 110 valence electrons. The van der Waals surface area contributed by atoms with Gasteiger partial charge in [-0.1, -0.05) is 13.8 Å². The number of hydrogen-bond acceptors (Lipinski definition) is 5. The Morgan fingerprint density at radius 1 is 1.42 bits per heavy atom. The fourth-order valence-corrected chi connectivity index (χ4v) is 4.37. The Labute approximate surface area is 119 Å². The van der Waals surface area contributed by atoms with Crippen LogP contribution in [0.2, 0.25) is 0 Å². The third-order valence-electron chi connectivity index (χ3n) is 2.71. The summed E-state index contributed by atoms with van der Waals surface area (Å²) in [5.41, 5.74) is 0. The first-order chi connectivity index (χ1) is 9.05. The molecule has 0 spiro atoms. The van der Waals surface area contributed by atoms with Crippen LogP contribution in [0, 0.1) is 0 Å². The second-order valence-electron chi connectivity index (χ2n) is 4.17. The van der Waals surface area contributed by atoms with Gasteiger partial charge in [-0.25, -0.2) is 13.1 Å². The Hall–Kier alpha value is -0.470. The number of hydrogen-bond donors (Lipinski definition) is 2. The second-order valence-corrected chi connectivity index (χ2v) is 6.85. The van der Waals surface area contributed by atoms with E-state index >= 15 is 0 Å². The highest BCUT2D eigenvalue weighted by Gasteiger charge is 2.22. The van der Waals surface area contributed by atoms with Crippen LogP contribution in [0.1, 0.15) is 25.1 Å². The lowest BCUT2D eigenvalue weighted by Gasteiger charge is -2.16. The van der Waals surface area contributed by atoms with Gasteiger partial charge in [0.05, 0.1) is 11.5 Å². The summed E-state index contributed by atoms with van der Waals surface area (Å²) in [6.45, 7) is 5.69. The molecule has 1 aromatic rings. The van der Waals surface area contributed by atoms with Crippen LogP contribution in [-0.4, -0.2) is 34.7 Å². The molecule has 1 heterocycles. The largest absolute Gasteiger partial charge is 0.383 e. The molecule has 0 bridgehead atoms. The van der Waals surface area contributed by atoms with Crippen LogP contribution >= 0.6 is 11.3 Å². The Bertz CT molecular complexity index is 471. The van der Waals surface area contributed by atoms with Gasteiger partial charge in [-0.05, 0) is 24.4 Å². The molecular formula is C12H22N2O3S2. The maximum Gasteiger partial charge on any atom is 0.242 e. The van der Waals surface area contributed by atoms with Gasteiger partial charge in [0.1, 0.15) is 0 Å². The van der Waals surface area contributed by atoms with Crippen LogP contribution in [0.4, 0.5) is 0 Å². The van der Waals surface area contributed by atoms with E-state index in [1.165, 1.54) is 11.3 Å². The number of thiophene rings is 1. The fraction of sp³-hybridized carbons (Fsp3) is 0.667. The monoisotopic (exact) mass is 306 g/mol. The van der Waals surface area contributed by atoms with Gasteiger partial charge in [-0.15, -0.1) is 11.3 Å². The Morgan fingerprint density at radius 3 is 2.74 bits per heavy atom. The molecule has 5 nitrogen and oxygen atoms in total. The SMILES string of the molecule is CCNCc1sccc1S(=O)(=O)NC(CC)COC. The molecule has 1 unspecified atom stereocenters. The fourth-order valence-electron chi connectivity index (χ4n) is 1.66. The van der Waals surface area contributed by atoms with Crippen molar-refractivity contribution >= 4 is 21.4 Å². The van der Waals surface area contributed by atoms with Crippen molar-refractivity contribution in [2.45, 2.75) is 37.8 Å². The summed E-state index contributed by atoms with van der Waals surface area (Å²) in [5, 5.41) is 4.95. The first-order valence-electron chi connectivity index (χ1n) is 6.33. The van der Waals surface area contributed by atoms with E-state index < -0.39 is 10.0 Å². The van der Waals surface area contributed by atoms with Crippen LogP contribution < -0.4 is 10.0 Å². The van der Waals surface area contributed by atoms with Gasteiger partial charge in [0, 0.05) is 24.6 Å². The predicted molar refractivity (Wildman–Crippen MR) is 78.0 cm³/mol. The van der Waals surface area contributed by atoms with Crippen LogP contribution in [0.5, 0.6) is 0 Å². The topological polar surface area (TPSA) is 67.4 Å². The van der Waals surface area contributed by atoms with Crippen molar-refractivity contribution in [2.75, 3.05) is 20.3 Å². The van der Waals surface area contributed by atoms with Gasteiger partial charge in [0.2, 0.25) is 10.0 Å². The molecule has 0 amide bonds. The minimum atomic E-state index is -3.47. The quantitative estimate of drug-likeness (QED) is 0.726. The summed E-state index contributed by atoms with van der Waals surface area (Å²) in [7, 11) is -1.90. The van der Waals surface area contributed by atoms with Gasteiger partial charge in [-0.3, -0.25) is 0 Å². The number of nitrogens with one attached hydrogen (secondary N) is 2. The molecule has 0 aliphatic carbocycles. The van der Waals surface area contributed by atoms with Crippen molar-refractivity contribution in [1.29, 1.82) is 0 Å². The van der Waals surface area contributed by atoms with E-state index in [1.807, 2.05) is 13.8 Å². The summed E-state index contributed by atoms with van der Waals surface area (Å²) >= 11 is 1.45. The highest BCUT2D eigenvalue weighted by Crippen LogP contribution is 2.22. The molecule has 0 aliphatic rings. The molecule has 0 fully saturated rings. The van der Waals surface area contributed by atoms with E-state index in [0.29, 0.717) is 24.5 Å². The average molecular weight is 306 g/mol. The van der Waals surface area contributed by atoms with E-state index in [2.05, 4.69) is 10.0 Å². The minimum Gasteiger partial charge on any atom is -0.383 e. The number of ether oxygens (including phenoxy) is 1. The van der Waals surface area contributed by atoms with Crippen LogP contribution in [-0.2, 0) is 21.3 Å². The molecule has 0 saturated carbocycles. The van der Waals surface area contributed by atoms with Crippen molar-refractivity contribution < 1.29 is 13.2 Å². The summed E-state index contributed by atoms with van der Waals surface area (Å²) < 4.78 is 32.4. The molecule has 0 saturated heterocycles. The molecule has 1 rings (SSSR count). The zero-order valence-corrected chi connectivity index (χ0v) is 13.2. The van der Waals surface area contributed by atoms with Crippen molar-refractivity contribution in [3.05, 3.63) is 16.3 Å². The van der Waals surface area contributed by atoms with Crippen LogP contribution in [0.25, 0.3) is 0 Å². The molecule has 1 aromatic heterocycles. The van der Waals surface area contributed by atoms with Crippen LogP contribution in [0.3, 0.4) is 0 Å². The number of methoxy groups -OCH3 is 1. The predicted octanol–water partition coefficient (Wildman–Crippen LogP) is 1.56. The molecule has 7 heteroatoms. The second kappa shape index (κ2) is 7.96. The molecule has 0 aliphatic heterocycles. The standard InChI is InChI=1S/C12H22N2O3S2/c1-4-10(9-17-3)14-19(15,16)12-6-7-18-11(12)8-13-5-2/h6-7,10,13-14H,4-5,8-9H2,1-3H3. The third-order valence-corrected chi connectivity index (χ3v) is 5.37. The van der Waals surface area contributed by atoms with E-state index in [4.69, 9.17) is 4.74 Å². The lowest BCUT2D eigenvalue weighted by atomic mass is 10.3.